The molecule has 0 saturated heterocycles. The zero-order valence-electron chi connectivity index (χ0n) is 15.7. The molecule has 28 heavy (non-hydrogen) atoms. The van der Waals surface area contributed by atoms with Gasteiger partial charge >= 0.3 is 0 Å². The average Bonchev–Trinajstić information content (AvgIpc) is 2.95. The van der Waals surface area contributed by atoms with Crippen LogP contribution in [-0.4, -0.2) is 9.55 Å². The van der Waals surface area contributed by atoms with E-state index in [1.54, 1.807) is 18.3 Å². The van der Waals surface area contributed by atoms with Crippen molar-refractivity contribution in [1.29, 1.82) is 0 Å². The predicted molar refractivity (Wildman–Crippen MR) is 110 cm³/mol. The first-order chi connectivity index (χ1) is 13.5. The summed E-state index contributed by atoms with van der Waals surface area (Å²) in [5, 5.41) is 0.703. The summed E-state index contributed by atoms with van der Waals surface area (Å²) in [5.41, 5.74) is 6.18. The Kier molecular flexibility index (Phi) is 5.05. The van der Waals surface area contributed by atoms with Crippen LogP contribution in [-0.2, 0) is 13.2 Å². The van der Waals surface area contributed by atoms with Crippen LogP contribution in [0.2, 0.25) is 5.02 Å². The standard InChI is InChI=1S/C23H20ClFN2O/c1-15-16(2)27(13-17-5-9-20(25)10-6-17)23-21(11-12-26-22(15)23)28-14-18-3-7-19(24)8-4-18/h3-12H,13-14H2,1-2H3. The number of aromatic nitrogens is 2. The highest BCUT2D eigenvalue weighted by Crippen LogP contribution is 2.32. The molecule has 0 aliphatic carbocycles. The maximum Gasteiger partial charge on any atom is 0.147 e. The molecule has 0 aliphatic heterocycles. The van der Waals surface area contributed by atoms with Gasteiger partial charge < -0.3 is 9.30 Å². The molecule has 0 unspecified atom stereocenters. The lowest BCUT2D eigenvalue weighted by atomic mass is 10.2. The van der Waals surface area contributed by atoms with E-state index >= 15 is 0 Å². The highest BCUT2D eigenvalue weighted by molar-refractivity contribution is 6.30. The summed E-state index contributed by atoms with van der Waals surface area (Å²) in [7, 11) is 0. The van der Waals surface area contributed by atoms with Crippen LogP contribution in [0.4, 0.5) is 4.39 Å². The van der Waals surface area contributed by atoms with E-state index in [-0.39, 0.29) is 5.82 Å². The van der Waals surface area contributed by atoms with Crippen LogP contribution in [0.15, 0.2) is 60.8 Å². The molecular weight excluding hydrogens is 375 g/mol. The maximum absolute atomic E-state index is 13.3. The Balaban J connectivity index is 1.71. The van der Waals surface area contributed by atoms with E-state index in [4.69, 9.17) is 16.3 Å². The van der Waals surface area contributed by atoms with Crippen molar-refractivity contribution >= 4 is 22.6 Å². The zero-order valence-corrected chi connectivity index (χ0v) is 16.5. The van der Waals surface area contributed by atoms with Crippen molar-refractivity contribution < 1.29 is 9.13 Å². The minimum atomic E-state index is -0.234. The SMILES string of the molecule is Cc1c(C)n(Cc2ccc(F)cc2)c2c(OCc3ccc(Cl)cc3)ccnc12. The smallest absolute Gasteiger partial charge is 0.147 e. The summed E-state index contributed by atoms with van der Waals surface area (Å²) in [6, 6.07) is 16.1. The summed E-state index contributed by atoms with van der Waals surface area (Å²) in [6.07, 6.45) is 1.77. The van der Waals surface area contributed by atoms with Gasteiger partial charge in [-0.15, -0.1) is 0 Å². The van der Waals surface area contributed by atoms with Crippen LogP contribution >= 0.6 is 11.6 Å². The molecule has 0 aliphatic rings. The Morgan fingerprint density at radius 3 is 2.36 bits per heavy atom. The molecule has 0 N–H and O–H groups in total. The lowest BCUT2D eigenvalue weighted by Crippen LogP contribution is -2.04. The summed E-state index contributed by atoms with van der Waals surface area (Å²) >= 11 is 5.96. The van der Waals surface area contributed by atoms with Crippen LogP contribution in [0.25, 0.3) is 11.0 Å². The topological polar surface area (TPSA) is 27.1 Å². The number of ether oxygens (including phenoxy) is 1. The fourth-order valence-corrected chi connectivity index (χ4v) is 3.47. The number of halogens is 2. The van der Waals surface area contributed by atoms with Crippen LogP contribution in [0.3, 0.4) is 0 Å². The molecule has 142 valence electrons. The van der Waals surface area contributed by atoms with Gasteiger partial charge in [0, 0.05) is 29.5 Å². The van der Waals surface area contributed by atoms with Gasteiger partial charge in [-0.3, -0.25) is 4.98 Å². The summed E-state index contributed by atoms with van der Waals surface area (Å²) in [4.78, 5) is 4.57. The Hall–Kier alpha value is -2.85. The van der Waals surface area contributed by atoms with E-state index in [2.05, 4.69) is 23.4 Å². The minimum Gasteiger partial charge on any atom is -0.487 e. The molecule has 0 bridgehead atoms. The van der Waals surface area contributed by atoms with Crippen molar-refractivity contribution in [1.82, 2.24) is 9.55 Å². The van der Waals surface area contributed by atoms with Crippen molar-refractivity contribution in [3.8, 4) is 5.75 Å². The molecule has 0 spiro atoms. The third-order valence-corrected chi connectivity index (χ3v) is 5.27. The van der Waals surface area contributed by atoms with Crippen LogP contribution < -0.4 is 4.74 Å². The molecular formula is C23H20ClFN2O. The van der Waals surface area contributed by atoms with Crippen molar-refractivity contribution in [2.24, 2.45) is 0 Å². The predicted octanol–water partition coefficient (Wildman–Crippen LogP) is 6.07. The lowest BCUT2D eigenvalue weighted by Gasteiger charge is -2.13. The molecule has 2 aromatic carbocycles. The van der Waals surface area contributed by atoms with E-state index in [0.29, 0.717) is 18.2 Å². The Morgan fingerprint density at radius 1 is 0.964 bits per heavy atom. The normalized spacial score (nSPS) is 11.1. The summed E-state index contributed by atoms with van der Waals surface area (Å²) in [5.74, 6) is 0.543. The number of aryl methyl sites for hydroxylation is 1. The van der Waals surface area contributed by atoms with Gasteiger partial charge in [0.1, 0.15) is 23.7 Å². The highest BCUT2D eigenvalue weighted by atomic mass is 35.5. The first kappa shape index (κ1) is 18.5. The third kappa shape index (κ3) is 3.60. The van der Waals surface area contributed by atoms with Crippen molar-refractivity contribution in [3.63, 3.8) is 0 Å². The van der Waals surface area contributed by atoms with Gasteiger partial charge in [0.15, 0.2) is 0 Å². The fourth-order valence-electron chi connectivity index (χ4n) is 3.34. The molecule has 4 rings (SSSR count). The van der Waals surface area contributed by atoms with Gasteiger partial charge in [-0.05, 0) is 54.8 Å². The number of pyridine rings is 1. The number of fused-ring (bicyclic) bond motifs is 1. The van der Waals surface area contributed by atoms with Crippen LogP contribution in [0.1, 0.15) is 22.4 Å². The van der Waals surface area contributed by atoms with Gasteiger partial charge in [0.25, 0.3) is 0 Å². The minimum absolute atomic E-state index is 0.234. The van der Waals surface area contributed by atoms with E-state index in [1.807, 2.05) is 30.3 Å². The maximum atomic E-state index is 13.3. The number of rotatable bonds is 5. The second kappa shape index (κ2) is 7.64. The van der Waals surface area contributed by atoms with E-state index in [1.165, 1.54) is 12.1 Å². The Morgan fingerprint density at radius 2 is 1.64 bits per heavy atom. The van der Waals surface area contributed by atoms with Crippen LogP contribution in [0, 0.1) is 19.7 Å². The second-order valence-electron chi connectivity index (χ2n) is 6.84. The molecule has 0 amide bonds. The van der Waals surface area contributed by atoms with Gasteiger partial charge in [-0.1, -0.05) is 35.9 Å². The molecule has 4 aromatic rings. The third-order valence-electron chi connectivity index (χ3n) is 5.02. The van der Waals surface area contributed by atoms with Gasteiger partial charge in [-0.2, -0.15) is 0 Å². The Bertz CT molecular complexity index is 1120. The zero-order chi connectivity index (χ0) is 19.7. The molecule has 5 heteroatoms. The molecule has 0 fully saturated rings. The Labute approximate surface area is 168 Å². The first-order valence-electron chi connectivity index (χ1n) is 9.09. The lowest BCUT2D eigenvalue weighted by molar-refractivity contribution is 0.308. The second-order valence-corrected chi connectivity index (χ2v) is 7.28. The fraction of sp³-hybridized carbons (Fsp3) is 0.174. The average molecular weight is 395 g/mol. The first-order valence-corrected chi connectivity index (χ1v) is 9.47. The van der Waals surface area contributed by atoms with E-state index in [0.717, 1.165) is 39.2 Å². The molecule has 2 heterocycles. The van der Waals surface area contributed by atoms with Crippen LogP contribution in [0.5, 0.6) is 5.75 Å². The number of hydrogen-bond donors (Lipinski definition) is 0. The molecule has 0 saturated carbocycles. The quantitative estimate of drug-likeness (QED) is 0.410. The van der Waals surface area contributed by atoms with Crippen molar-refractivity contribution in [2.75, 3.05) is 0 Å². The molecule has 3 nitrogen and oxygen atoms in total. The molecule has 2 aromatic heterocycles. The van der Waals surface area contributed by atoms with Gasteiger partial charge in [0.05, 0.1) is 5.52 Å². The van der Waals surface area contributed by atoms with Gasteiger partial charge in [0.2, 0.25) is 0 Å². The molecule has 0 radical (unpaired) electrons. The largest absolute Gasteiger partial charge is 0.487 e. The van der Waals surface area contributed by atoms with Crippen molar-refractivity contribution in [3.05, 3.63) is 94.0 Å². The molecule has 0 atom stereocenters. The van der Waals surface area contributed by atoms with E-state index in [9.17, 15) is 4.39 Å². The highest BCUT2D eigenvalue weighted by Gasteiger charge is 2.17. The monoisotopic (exact) mass is 394 g/mol. The van der Waals surface area contributed by atoms with E-state index < -0.39 is 0 Å². The summed E-state index contributed by atoms with van der Waals surface area (Å²) in [6.45, 7) is 5.20. The number of hydrogen-bond acceptors (Lipinski definition) is 2. The summed E-state index contributed by atoms with van der Waals surface area (Å²) < 4.78 is 21.6. The van der Waals surface area contributed by atoms with Crippen molar-refractivity contribution in [2.45, 2.75) is 27.0 Å². The number of nitrogens with zero attached hydrogens (tertiary/aromatic N) is 2. The number of benzene rings is 2. The van der Waals surface area contributed by atoms with Gasteiger partial charge in [-0.25, -0.2) is 4.39 Å².